The molecule has 0 bridgehead atoms. The zero-order chi connectivity index (χ0) is 37.8. The van der Waals surface area contributed by atoms with Crippen LogP contribution < -0.4 is 0 Å². The van der Waals surface area contributed by atoms with Gasteiger partial charge >= 0.3 is 17.9 Å². The quantitative estimate of drug-likeness (QED) is 0.0356. The zero-order valence-electron chi connectivity index (χ0n) is 34.8. The summed E-state index contributed by atoms with van der Waals surface area (Å²) in [5.41, 5.74) is 0. The Morgan fingerprint density at radius 1 is 0.451 bits per heavy atom. The largest absolute Gasteiger partial charge is 0.461 e. The minimum Gasteiger partial charge on any atom is -0.461 e. The molecule has 0 aromatic rings. The van der Waals surface area contributed by atoms with Gasteiger partial charge in [-0.3, -0.25) is 14.4 Å². The van der Waals surface area contributed by atoms with Gasteiger partial charge in [0, 0.05) is 12.8 Å². The van der Waals surface area contributed by atoms with Crippen LogP contribution in [0.15, 0.2) is 0 Å². The number of ether oxygens (including phenoxy) is 3. The lowest BCUT2D eigenvalue weighted by Gasteiger charge is -2.28. The molecule has 0 saturated carbocycles. The van der Waals surface area contributed by atoms with Crippen molar-refractivity contribution in [3.63, 3.8) is 0 Å². The van der Waals surface area contributed by atoms with E-state index in [-0.39, 0.29) is 30.4 Å². The molecule has 0 aliphatic carbocycles. The number of hydrogen-bond donors (Lipinski definition) is 0. The van der Waals surface area contributed by atoms with Crippen LogP contribution >= 0.6 is 0 Å². The smallest absolute Gasteiger partial charge is 0.309 e. The molecule has 0 heterocycles. The van der Waals surface area contributed by atoms with E-state index in [1.807, 2.05) is 14.1 Å². The Morgan fingerprint density at radius 2 is 0.824 bits per heavy atom. The Balaban J connectivity index is 5.65. The fourth-order valence-electron chi connectivity index (χ4n) is 6.71. The molecule has 51 heavy (non-hydrogen) atoms. The maximum absolute atomic E-state index is 13.6. The van der Waals surface area contributed by atoms with E-state index in [2.05, 4.69) is 32.6 Å². The summed E-state index contributed by atoms with van der Waals surface area (Å²) < 4.78 is 18.2. The first kappa shape index (κ1) is 49.4. The van der Waals surface area contributed by atoms with E-state index in [9.17, 15) is 14.4 Å². The van der Waals surface area contributed by atoms with Crippen LogP contribution in [-0.2, 0) is 28.6 Å². The number of unbranched alkanes of at least 4 members (excludes halogenated alkanes) is 20. The van der Waals surface area contributed by atoms with Crippen LogP contribution in [0.3, 0.4) is 0 Å². The summed E-state index contributed by atoms with van der Waals surface area (Å²) in [5.74, 6) is -0.899. The third-order valence-corrected chi connectivity index (χ3v) is 10.1. The molecule has 0 fully saturated rings. The highest BCUT2D eigenvalue weighted by Crippen LogP contribution is 2.23. The van der Waals surface area contributed by atoms with Crippen LogP contribution in [0.2, 0.25) is 0 Å². The number of carbonyl (C=O) groups is 3. The number of hydrogen-bond acceptors (Lipinski definition) is 7. The summed E-state index contributed by atoms with van der Waals surface area (Å²) in [4.78, 5) is 42.1. The first-order chi connectivity index (χ1) is 24.8. The minimum absolute atomic E-state index is 0.0684. The van der Waals surface area contributed by atoms with Crippen molar-refractivity contribution < 1.29 is 28.6 Å². The molecule has 7 nitrogen and oxygen atoms in total. The fourth-order valence-corrected chi connectivity index (χ4v) is 6.71. The van der Waals surface area contributed by atoms with Gasteiger partial charge in [0.2, 0.25) is 0 Å². The number of carbonyl (C=O) groups excluding carboxylic acids is 3. The standard InChI is InChI=1S/C44H85NO6/c1-7-11-15-19-21-25-29-35-42(46)50-40(34-31-37-45(5)6)41(51-43(47)36-30-26-22-20-16-12-8-2)38-49-44(48)39(32-27-23-17-13-9-3)33-28-24-18-14-10-4/h39-41H,7-38H2,1-6H3. The van der Waals surface area contributed by atoms with Crippen LogP contribution in [0.25, 0.3) is 0 Å². The Hall–Kier alpha value is -1.63. The van der Waals surface area contributed by atoms with Gasteiger partial charge in [-0.1, -0.05) is 169 Å². The summed E-state index contributed by atoms with van der Waals surface area (Å²) >= 11 is 0. The SMILES string of the molecule is CCCCCCCCCC(=O)OC(CCCN(C)C)C(COC(=O)C(CCCCCCC)CCCCCCC)OC(=O)CCCCCCCCC. The highest BCUT2D eigenvalue weighted by atomic mass is 16.6. The molecular formula is C44H85NO6. The average Bonchev–Trinajstić information content (AvgIpc) is 3.10. The van der Waals surface area contributed by atoms with E-state index in [1.54, 1.807) is 0 Å². The molecule has 0 aliphatic rings. The molecule has 0 amide bonds. The van der Waals surface area contributed by atoms with Crippen LogP contribution in [0, 0.1) is 5.92 Å². The van der Waals surface area contributed by atoms with E-state index in [1.165, 1.54) is 89.9 Å². The van der Waals surface area contributed by atoms with E-state index < -0.39 is 12.2 Å². The van der Waals surface area contributed by atoms with Crippen LogP contribution in [0.1, 0.15) is 220 Å². The predicted molar refractivity (Wildman–Crippen MR) is 214 cm³/mol. The highest BCUT2D eigenvalue weighted by Gasteiger charge is 2.31. The minimum atomic E-state index is -0.805. The van der Waals surface area contributed by atoms with Crippen LogP contribution in [0.4, 0.5) is 0 Å². The van der Waals surface area contributed by atoms with Crippen molar-refractivity contribution in [3.8, 4) is 0 Å². The highest BCUT2D eigenvalue weighted by molar-refractivity contribution is 5.73. The first-order valence-corrected chi connectivity index (χ1v) is 22.0. The summed E-state index contributed by atoms with van der Waals surface area (Å²) in [7, 11) is 4.04. The first-order valence-electron chi connectivity index (χ1n) is 22.0. The molecule has 0 aliphatic heterocycles. The van der Waals surface area contributed by atoms with Crippen LogP contribution in [0.5, 0.6) is 0 Å². The van der Waals surface area contributed by atoms with Gasteiger partial charge in [0.25, 0.3) is 0 Å². The summed E-state index contributed by atoms with van der Waals surface area (Å²) in [6.07, 6.45) is 29.5. The maximum atomic E-state index is 13.6. The lowest BCUT2D eigenvalue weighted by atomic mass is 9.94. The Kier molecular flexibility index (Phi) is 35.5. The van der Waals surface area contributed by atoms with Gasteiger partial charge in [-0.05, 0) is 59.2 Å². The van der Waals surface area contributed by atoms with Gasteiger partial charge in [0.05, 0.1) is 5.92 Å². The van der Waals surface area contributed by atoms with E-state index >= 15 is 0 Å². The molecule has 302 valence electrons. The Labute approximate surface area is 316 Å². The molecule has 2 atom stereocenters. The molecular weight excluding hydrogens is 638 g/mol. The van der Waals surface area contributed by atoms with Crippen molar-refractivity contribution in [2.24, 2.45) is 5.92 Å². The van der Waals surface area contributed by atoms with Crippen molar-refractivity contribution in [3.05, 3.63) is 0 Å². The number of rotatable bonds is 38. The van der Waals surface area contributed by atoms with Crippen molar-refractivity contribution in [1.82, 2.24) is 4.90 Å². The Morgan fingerprint density at radius 3 is 1.24 bits per heavy atom. The van der Waals surface area contributed by atoms with Gasteiger partial charge < -0.3 is 19.1 Å². The van der Waals surface area contributed by atoms with E-state index in [0.717, 1.165) is 90.0 Å². The van der Waals surface area contributed by atoms with Crippen molar-refractivity contribution in [2.45, 2.75) is 233 Å². The lowest BCUT2D eigenvalue weighted by molar-refractivity contribution is -0.178. The second-order valence-electron chi connectivity index (χ2n) is 15.5. The van der Waals surface area contributed by atoms with Gasteiger partial charge in [-0.25, -0.2) is 0 Å². The lowest BCUT2D eigenvalue weighted by Crippen LogP contribution is -2.40. The molecule has 0 aromatic heterocycles. The van der Waals surface area contributed by atoms with E-state index in [4.69, 9.17) is 14.2 Å². The van der Waals surface area contributed by atoms with Gasteiger partial charge in [-0.2, -0.15) is 0 Å². The van der Waals surface area contributed by atoms with Gasteiger partial charge in [0.1, 0.15) is 12.7 Å². The Bertz CT molecular complexity index is 788. The van der Waals surface area contributed by atoms with Crippen LogP contribution in [-0.4, -0.2) is 62.3 Å². The molecule has 0 saturated heterocycles. The number of nitrogens with zero attached hydrogens (tertiary/aromatic N) is 1. The fraction of sp³-hybridized carbons (Fsp3) is 0.932. The second kappa shape index (κ2) is 36.7. The normalized spacial score (nSPS) is 12.7. The van der Waals surface area contributed by atoms with Gasteiger partial charge in [-0.15, -0.1) is 0 Å². The molecule has 0 rings (SSSR count). The molecule has 0 aromatic carbocycles. The van der Waals surface area contributed by atoms with Gasteiger partial charge in [0.15, 0.2) is 6.10 Å². The third-order valence-electron chi connectivity index (χ3n) is 10.1. The maximum Gasteiger partial charge on any atom is 0.309 e. The molecule has 2 unspecified atom stereocenters. The molecule has 0 radical (unpaired) electrons. The van der Waals surface area contributed by atoms with E-state index in [0.29, 0.717) is 19.3 Å². The third kappa shape index (κ3) is 31.6. The summed E-state index contributed by atoms with van der Waals surface area (Å²) in [6, 6.07) is 0. The second-order valence-corrected chi connectivity index (χ2v) is 15.5. The number of esters is 3. The molecule has 7 heteroatoms. The summed E-state index contributed by atoms with van der Waals surface area (Å²) in [5, 5.41) is 0. The molecule has 0 spiro atoms. The van der Waals surface area contributed by atoms with Crippen molar-refractivity contribution in [2.75, 3.05) is 27.2 Å². The zero-order valence-corrected chi connectivity index (χ0v) is 34.8. The molecule has 0 N–H and O–H groups in total. The monoisotopic (exact) mass is 724 g/mol. The van der Waals surface area contributed by atoms with Crippen molar-refractivity contribution in [1.29, 1.82) is 0 Å². The summed E-state index contributed by atoms with van der Waals surface area (Å²) in [6.45, 7) is 9.62. The average molecular weight is 724 g/mol. The topological polar surface area (TPSA) is 82.1 Å². The van der Waals surface area contributed by atoms with Crippen molar-refractivity contribution >= 4 is 17.9 Å². The predicted octanol–water partition coefficient (Wildman–Crippen LogP) is 12.3.